The van der Waals surface area contributed by atoms with Crippen LogP contribution in [0.2, 0.25) is 0 Å². The van der Waals surface area contributed by atoms with Gasteiger partial charge in [-0.1, -0.05) is 30.3 Å². The smallest absolute Gasteiger partial charge is 0.159 e. The maximum atomic E-state index is 4.84. The number of aryl methyl sites for hydroxylation is 1. The summed E-state index contributed by atoms with van der Waals surface area (Å²) in [6.07, 6.45) is 2.97. The van der Waals surface area contributed by atoms with E-state index in [9.17, 15) is 0 Å². The van der Waals surface area contributed by atoms with Crippen LogP contribution >= 0.6 is 0 Å². The molecule has 0 amide bonds. The lowest BCUT2D eigenvalue weighted by Crippen LogP contribution is -2.31. The summed E-state index contributed by atoms with van der Waals surface area (Å²) in [6, 6.07) is 10.2. The zero-order valence-corrected chi connectivity index (χ0v) is 17.5. The number of aromatic nitrogens is 4. The monoisotopic (exact) mass is 375 g/mol. The van der Waals surface area contributed by atoms with Crippen molar-refractivity contribution >= 4 is 0 Å². The van der Waals surface area contributed by atoms with E-state index in [1.165, 1.54) is 22.5 Å². The highest BCUT2D eigenvalue weighted by atomic mass is 15.3. The molecule has 0 bridgehead atoms. The summed E-state index contributed by atoms with van der Waals surface area (Å²) in [5, 5.41) is 4.80. The Bertz CT molecular complexity index is 982. The van der Waals surface area contributed by atoms with Crippen LogP contribution in [0.25, 0.3) is 11.4 Å². The molecular formula is C23H29N5. The van der Waals surface area contributed by atoms with Crippen LogP contribution < -0.4 is 0 Å². The van der Waals surface area contributed by atoms with Crippen molar-refractivity contribution < 1.29 is 0 Å². The Morgan fingerprint density at radius 2 is 1.82 bits per heavy atom. The average molecular weight is 376 g/mol. The molecule has 0 spiro atoms. The van der Waals surface area contributed by atoms with Crippen LogP contribution in [0, 0.1) is 13.8 Å². The van der Waals surface area contributed by atoms with Crippen molar-refractivity contribution in [2.24, 2.45) is 0 Å². The molecule has 1 aromatic carbocycles. The molecule has 146 valence electrons. The Morgan fingerprint density at radius 1 is 1.07 bits per heavy atom. The third-order valence-electron chi connectivity index (χ3n) is 5.50. The first-order valence-electron chi connectivity index (χ1n) is 10.0. The molecule has 0 saturated carbocycles. The first-order chi connectivity index (χ1) is 13.3. The second kappa shape index (κ2) is 7.13. The molecule has 3 heterocycles. The van der Waals surface area contributed by atoms with E-state index in [0.29, 0.717) is 0 Å². The molecule has 0 atom stereocenters. The number of fused-ring (bicyclic) bond motifs is 1. The van der Waals surface area contributed by atoms with Crippen LogP contribution in [0.3, 0.4) is 0 Å². The van der Waals surface area contributed by atoms with Gasteiger partial charge in [0.1, 0.15) is 0 Å². The highest BCUT2D eigenvalue weighted by Crippen LogP contribution is 2.26. The van der Waals surface area contributed by atoms with Gasteiger partial charge in [0, 0.05) is 54.6 Å². The number of rotatable bonds is 3. The lowest BCUT2D eigenvalue weighted by molar-refractivity contribution is 0.241. The molecule has 5 heteroatoms. The zero-order valence-electron chi connectivity index (χ0n) is 17.5. The second-order valence-corrected chi connectivity index (χ2v) is 8.72. The summed E-state index contributed by atoms with van der Waals surface area (Å²) in [6.45, 7) is 13.7. The maximum Gasteiger partial charge on any atom is 0.159 e. The molecule has 0 unspecified atom stereocenters. The molecule has 0 fully saturated rings. The van der Waals surface area contributed by atoms with Gasteiger partial charge in [-0.3, -0.25) is 9.58 Å². The third kappa shape index (κ3) is 3.59. The van der Waals surface area contributed by atoms with Crippen molar-refractivity contribution in [2.75, 3.05) is 6.54 Å². The van der Waals surface area contributed by atoms with Gasteiger partial charge in [-0.25, -0.2) is 9.97 Å². The Labute approximate surface area is 167 Å². The normalized spacial score (nSPS) is 14.9. The molecule has 28 heavy (non-hydrogen) atoms. The van der Waals surface area contributed by atoms with Gasteiger partial charge in [-0.2, -0.15) is 5.10 Å². The van der Waals surface area contributed by atoms with Crippen molar-refractivity contribution in [1.29, 1.82) is 0 Å². The highest BCUT2D eigenvalue weighted by Gasteiger charge is 2.24. The third-order valence-corrected chi connectivity index (χ3v) is 5.50. The first kappa shape index (κ1) is 18.8. The topological polar surface area (TPSA) is 46.8 Å². The van der Waals surface area contributed by atoms with Gasteiger partial charge in [0.2, 0.25) is 0 Å². The van der Waals surface area contributed by atoms with Crippen LogP contribution in [0.4, 0.5) is 0 Å². The molecular weight excluding hydrogens is 346 g/mol. The highest BCUT2D eigenvalue weighted by molar-refractivity contribution is 5.54. The summed E-state index contributed by atoms with van der Waals surface area (Å²) >= 11 is 0. The first-order valence-corrected chi connectivity index (χ1v) is 10.0. The van der Waals surface area contributed by atoms with Gasteiger partial charge >= 0.3 is 0 Å². The molecule has 3 aromatic rings. The number of hydrogen-bond acceptors (Lipinski definition) is 4. The Morgan fingerprint density at radius 3 is 2.50 bits per heavy atom. The molecule has 1 aliphatic heterocycles. The predicted octanol–water partition coefficient (Wildman–Crippen LogP) is 4.27. The summed E-state index contributed by atoms with van der Waals surface area (Å²) in [5.74, 6) is 0.825. The Balaban J connectivity index is 1.53. The lowest BCUT2D eigenvalue weighted by atomic mass is 10.0. The molecule has 2 aromatic heterocycles. The second-order valence-electron chi connectivity index (χ2n) is 8.72. The van der Waals surface area contributed by atoms with Gasteiger partial charge in [0.05, 0.1) is 16.9 Å². The van der Waals surface area contributed by atoms with Crippen molar-refractivity contribution in [3.63, 3.8) is 0 Å². The number of nitrogens with zero attached hydrogens (tertiary/aromatic N) is 5. The van der Waals surface area contributed by atoms with E-state index in [4.69, 9.17) is 10.1 Å². The van der Waals surface area contributed by atoms with Gasteiger partial charge in [0.15, 0.2) is 5.82 Å². The van der Waals surface area contributed by atoms with Crippen LogP contribution in [0.1, 0.15) is 49.0 Å². The van der Waals surface area contributed by atoms with E-state index in [1.54, 1.807) is 0 Å². The van der Waals surface area contributed by atoms with Crippen LogP contribution in [0.15, 0.2) is 36.5 Å². The molecule has 0 radical (unpaired) electrons. The summed E-state index contributed by atoms with van der Waals surface area (Å²) in [5.41, 5.74) is 7.26. The molecule has 0 aliphatic carbocycles. The van der Waals surface area contributed by atoms with E-state index in [-0.39, 0.29) is 5.54 Å². The quantitative estimate of drug-likeness (QED) is 0.686. The van der Waals surface area contributed by atoms with Gasteiger partial charge in [-0.15, -0.1) is 0 Å². The summed E-state index contributed by atoms with van der Waals surface area (Å²) < 4.78 is 2.16. The molecule has 0 N–H and O–H groups in total. The van der Waals surface area contributed by atoms with Crippen molar-refractivity contribution in [2.45, 2.75) is 59.7 Å². The molecule has 5 nitrogen and oxygen atoms in total. The molecule has 4 rings (SSSR count). The Kier molecular flexibility index (Phi) is 4.79. The van der Waals surface area contributed by atoms with E-state index < -0.39 is 0 Å². The van der Waals surface area contributed by atoms with E-state index in [2.05, 4.69) is 61.3 Å². The fourth-order valence-electron chi connectivity index (χ4n) is 4.02. The largest absolute Gasteiger partial charge is 0.294 e. The fraction of sp³-hybridized carbons (Fsp3) is 0.435. The minimum absolute atomic E-state index is 0.00324. The van der Waals surface area contributed by atoms with Crippen molar-refractivity contribution in [1.82, 2.24) is 24.6 Å². The van der Waals surface area contributed by atoms with E-state index in [0.717, 1.165) is 43.1 Å². The molecule has 0 saturated heterocycles. The SMILES string of the molecule is Cc1nn(C(C)(C)C)c(C)c1CN1CCc2nc(-c3ccccc3)ncc2C1. The Hall–Kier alpha value is -2.53. The average Bonchev–Trinajstić information content (AvgIpc) is 2.97. The summed E-state index contributed by atoms with van der Waals surface area (Å²) in [4.78, 5) is 11.9. The fourth-order valence-corrected chi connectivity index (χ4v) is 4.02. The summed E-state index contributed by atoms with van der Waals surface area (Å²) in [7, 11) is 0. The maximum absolute atomic E-state index is 4.84. The van der Waals surface area contributed by atoms with Gasteiger partial charge in [-0.05, 0) is 34.6 Å². The predicted molar refractivity (Wildman–Crippen MR) is 112 cm³/mol. The number of benzene rings is 1. The van der Waals surface area contributed by atoms with Crippen molar-refractivity contribution in [3.8, 4) is 11.4 Å². The van der Waals surface area contributed by atoms with Gasteiger partial charge < -0.3 is 0 Å². The minimum atomic E-state index is 0.00324. The van der Waals surface area contributed by atoms with Crippen LogP contribution in [-0.2, 0) is 25.0 Å². The van der Waals surface area contributed by atoms with Crippen LogP contribution in [-0.4, -0.2) is 31.2 Å². The minimum Gasteiger partial charge on any atom is -0.294 e. The standard InChI is InChI=1S/C23H29N5/c1-16-20(17(2)28(26-16)23(3,4)5)15-27-12-11-21-19(14-27)13-24-22(25-21)18-9-7-6-8-10-18/h6-10,13H,11-12,14-15H2,1-5H3. The zero-order chi connectivity index (χ0) is 19.9. The number of hydrogen-bond donors (Lipinski definition) is 0. The van der Waals surface area contributed by atoms with E-state index in [1.807, 2.05) is 24.4 Å². The lowest BCUT2D eigenvalue weighted by Gasteiger charge is -2.28. The van der Waals surface area contributed by atoms with Crippen LogP contribution in [0.5, 0.6) is 0 Å². The van der Waals surface area contributed by atoms with Crippen molar-refractivity contribution in [3.05, 3.63) is 64.7 Å². The molecule has 1 aliphatic rings. The van der Waals surface area contributed by atoms with E-state index >= 15 is 0 Å². The van der Waals surface area contributed by atoms with Gasteiger partial charge in [0.25, 0.3) is 0 Å².